The zero-order chi connectivity index (χ0) is 15.0. The van der Waals surface area contributed by atoms with E-state index in [0.29, 0.717) is 22.8 Å². The van der Waals surface area contributed by atoms with Gasteiger partial charge in [0.25, 0.3) is 5.69 Å². The molecule has 1 aromatic carbocycles. The Hall–Kier alpha value is -2.15. The van der Waals surface area contributed by atoms with E-state index in [0.717, 1.165) is 6.42 Å². The van der Waals surface area contributed by atoms with Crippen molar-refractivity contribution < 1.29 is 23.9 Å². The van der Waals surface area contributed by atoms with Gasteiger partial charge in [0.05, 0.1) is 17.4 Å². The first kappa shape index (κ1) is 13.8. The van der Waals surface area contributed by atoms with E-state index in [1.165, 1.54) is 12.1 Å². The second-order valence-corrected chi connectivity index (χ2v) is 5.39. The van der Waals surface area contributed by atoms with E-state index < -0.39 is 4.92 Å². The fraction of sp³-hybridized carbons (Fsp3) is 0.500. The molecule has 1 aliphatic carbocycles. The topological polar surface area (TPSA) is 87.9 Å². The van der Waals surface area contributed by atoms with Gasteiger partial charge >= 0.3 is 5.97 Å². The molecule has 2 atom stereocenters. The minimum atomic E-state index is -0.483. The highest BCUT2D eigenvalue weighted by Gasteiger charge is 2.40. The number of esters is 1. The number of benzene rings is 1. The third-order valence-electron chi connectivity index (χ3n) is 3.76. The van der Waals surface area contributed by atoms with Crippen molar-refractivity contribution in [2.24, 2.45) is 11.8 Å². The fourth-order valence-corrected chi connectivity index (χ4v) is 2.40. The predicted molar refractivity (Wildman–Crippen MR) is 70.4 cm³/mol. The van der Waals surface area contributed by atoms with Gasteiger partial charge in [-0.3, -0.25) is 14.9 Å². The van der Waals surface area contributed by atoms with Gasteiger partial charge in [-0.25, -0.2) is 0 Å². The molecular weight excluding hydrogens is 278 g/mol. The van der Waals surface area contributed by atoms with Crippen molar-refractivity contribution in [3.8, 4) is 5.75 Å². The van der Waals surface area contributed by atoms with Gasteiger partial charge in [0.1, 0.15) is 12.4 Å². The molecule has 2 aliphatic rings. The number of hydrogen-bond acceptors (Lipinski definition) is 6. The molecule has 1 heterocycles. The quantitative estimate of drug-likeness (QED) is 0.480. The number of ether oxygens (including phenoxy) is 3. The van der Waals surface area contributed by atoms with Gasteiger partial charge in [0.2, 0.25) is 0 Å². The summed E-state index contributed by atoms with van der Waals surface area (Å²) in [5.74, 6) is 0.586. The summed E-state index contributed by atoms with van der Waals surface area (Å²) in [6.45, 7) is 2.30. The third kappa shape index (κ3) is 2.82. The Labute approximate surface area is 120 Å². The van der Waals surface area contributed by atoms with Crippen LogP contribution in [0.15, 0.2) is 12.1 Å². The lowest BCUT2D eigenvalue weighted by Crippen LogP contribution is -2.15. The van der Waals surface area contributed by atoms with Gasteiger partial charge in [-0.1, -0.05) is 6.92 Å². The predicted octanol–water partition coefficient (Wildman–Crippen LogP) is 2.16. The molecule has 0 radical (unpaired) electrons. The normalized spacial score (nSPS) is 22.9. The molecule has 0 aromatic heterocycles. The van der Waals surface area contributed by atoms with Crippen molar-refractivity contribution in [3.05, 3.63) is 33.4 Å². The molecule has 0 N–H and O–H groups in total. The first-order valence-electron chi connectivity index (χ1n) is 6.73. The average Bonchev–Trinajstić information content (AvgIpc) is 3.21. The molecule has 3 rings (SSSR count). The number of rotatable bonds is 4. The summed E-state index contributed by atoms with van der Waals surface area (Å²) in [6.07, 6.45) is 0.843. The number of nitrogens with zero attached hydrogens (tertiary/aromatic N) is 1. The number of nitro groups is 1. The lowest BCUT2D eigenvalue weighted by molar-refractivity contribution is -0.385. The number of nitro benzene ring substituents is 1. The van der Waals surface area contributed by atoms with Crippen LogP contribution < -0.4 is 4.74 Å². The van der Waals surface area contributed by atoms with Crippen molar-refractivity contribution in [2.75, 3.05) is 6.79 Å². The van der Waals surface area contributed by atoms with Crippen LogP contribution in [0.25, 0.3) is 0 Å². The van der Waals surface area contributed by atoms with Crippen LogP contribution in [-0.4, -0.2) is 17.7 Å². The minimum absolute atomic E-state index is 0.0218. The lowest BCUT2D eigenvalue weighted by atomic mass is 10.1. The molecule has 1 saturated carbocycles. The molecule has 112 valence electrons. The number of carbonyl (C=O) groups excluding carboxylic acids is 1. The molecular formula is C14H15NO6. The number of hydrogen-bond donors (Lipinski definition) is 0. The Bertz CT molecular complexity index is 599. The second kappa shape index (κ2) is 5.33. The maximum atomic E-state index is 11.8. The zero-order valence-corrected chi connectivity index (χ0v) is 11.5. The Balaban J connectivity index is 1.80. The highest BCUT2D eigenvalue weighted by Crippen LogP contribution is 2.39. The van der Waals surface area contributed by atoms with Crippen molar-refractivity contribution in [1.29, 1.82) is 0 Å². The highest BCUT2D eigenvalue weighted by molar-refractivity contribution is 5.75. The maximum absolute atomic E-state index is 11.8. The fourth-order valence-electron chi connectivity index (χ4n) is 2.40. The molecule has 0 bridgehead atoms. The van der Waals surface area contributed by atoms with Gasteiger partial charge in [-0.15, -0.1) is 0 Å². The lowest BCUT2D eigenvalue weighted by Gasteiger charge is -2.20. The Morgan fingerprint density at radius 2 is 2.29 bits per heavy atom. The third-order valence-corrected chi connectivity index (χ3v) is 3.76. The molecule has 0 amide bonds. The van der Waals surface area contributed by atoms with Crippen LogP contribution in [0.3, 0.4) is 0 Å². The number of non-ortho nitro benzene ring substituents is 1. The Kier molecular flexibility index (Phi) is 3.50. The van der Waals surface area contributed by atoms with E-state index in [2.05, 4.69) is 0 Å². The van der Waals surface area contributed by atoms with Gasteiger partial charge in [0.15, 0.2) is 6.79 Å². The molecule has 0 saturated heterocycles. The average molecular weight is 293 g/mol. The monoisotopic (exact) mass is 293 g/mol. The summed E-state index contributed by atoms with van der Waals surface area (Å²) >= 11 is 0. The van der Waals surface area contributed by atoms with E-state index in [1.807, 2.05) is 6.92 Å². The van der Waals surface area contributed by atoms with Crippen LogP contribution >= 0.6 is 0 Å². The van der Waals surface area contributed by atoms with Crippen molar-refractivity contribution >= 4 is 11.7 Å². The first-order chi connectivity index (χ1) is 10.1. The summed E-state index contributed by atoms with van der Waals surface area (Å²) in [7, 11) is 0. The van der Waals surface area contributed by atoms with Crippen LogP contribution in [0.5, 0.6) is 5.75 Å². The molecule has 1 aliphatic heterocycles. The standard InChI is InChI=1S/C14H15NO6/c1-8-2-12(8)14(16)20-6-10-4-11(15(17)18)3-9-5-19-7-21-13(9)10/h3-4,8,12H,2,5-7H2,1H3/t8-,12+/m0/s1. The first-order valence-corrected chi connectivity index (χ1v) is 6.73. The smallest absolute Gasteiger partial charge is 0.309 e. The summed E-state index contributed by atoms with van der Waals surface area (Å²) in [6, 6.07) is 2.80. The second-order valence-electron chi connectivity index (χ2n) is 5.39. The summed E-state index contributed by atoms with van der Waals surface area (Å²) in [4.78, 5) is 22.2. The van der Waals surface area contributed by atoms with Gasteiger partial charge in [-0.2, -0.15) is 0 Å². The molecule has 1 fully saturated rings. The molecule has 0 spiro atoms. The van der Waals surface area contributed by atoms with Crippen LogP contribution in [0.4, 0.5) is 5.69 Å². The van der Waals surface area contributed by atoms with Crippen LogP contribution in [0.2, 0.25) is 0 Å². The van der Waals surface area contributed by atoms with Crippen LogP contribution in [0.1, 0.15) is 24.5 Å². The van der Waals surface area contributed by atoms with Crippen LogP contribution in [0, 0.1) is 22.0 Å². The van der Waals surface area contributed by atoms with E-state index in [-0.39, 0.29) is 37.6 Å². The molecule has 7 nitrogen and oxygen atoms in total. The molecule has 1 aromatic rings. The number of fused-ring (bicyclic) bond motifs is 1. The van der Waals surface area contributed by atoms with Gasteiger partial charge in [-0.05, 0) is 12.3 Å². The van der Waals surface area contributed by atoms with E-state index >= 15 is 0 Å². The molecule has 21 heavy (non-hydrogen) atoms. The Morgan fingerprint density at radius 3 is 2.95 bits per heavy atom. The van der Waals surface area contributed by atoms with E-state index in [1.54, 1.807) is 0 Å². The van der Waals surface area contributed by atoms with E-state index in [9.17, 15) is 14.9 Å². The summed E-state index contributed by atoms with van der Waals surface area (Å²) in [5, 5.41) is 11.0. The maximum Gasteiger partial charge on any atom is 0.309 e. The van der Waals surface area contributed by atoms with Crippen molar-refractivity contribution in [3.63, 3.8) is 0 Å². The van der Waals surface area contributed by atoms with Gasteiger partial charge < -0.3 is 14.2 Å². The number of carbonyl (C=O) groups is 1. The highest BCUT2D eigenvalue weighted by atomic mass is 16.7. The van der Waals surface area contributed by atoms with E-state index in [4.69, 9.17) is 14.2 Å². The van der Waals surface area contributed by atoms with Crippen molar-refractivity contribution in [2.45, 2.75) is 26.6 Å². The zero-order valence-electron chi connectivity index (χ0n) is 11.5. The molecule has 7 heteroatoms. The largest absolute Gasteiger partial charge is 0.467 e. The summed E-state index contributed by atoms with van der Waals surface area (Å²) < 4.78 is 15.7. The SMILES string of the molecule is C[C@H]1C[C@H]1C(=O)OCc1cc([N+](=O)[O-])cc2c1OCOC2. The summed E-state index contributed by atoms with van der Waals surface area (Å²) in [5.41, 5.74) is 1.04. The Morgan fingerprint density at radius 1 is 1.52 bits per heavy atom. The molecule has 0 unspecified atom stereocenters. The van der Waals surface area contributed by atoms with Crippen LogP contribution in [-0.2, 0) is 27.5 Å². The minimum Gasteiger partial charge on any atom is -0.467 e. The van der Waals surface area contributed by atoms with Crippen molar-refractivity contribution in [1.82, 2.24) is 0 Å². The van der Waals surface area contributed by atoms with Gasteiger partial charge in [0, 0.05) is 23.3 Å².